The highest BCUT2D eigenvalue weighted by Gasteiger charge is 2.01. The van der Waals surface area contributed by atoms with Gasteiger partial charge >= 0.3 is 0 Å². The SMILES string of the molecule is Nc1cc(F)ccc1OCCSc1ccccc1. The Balaban J connectivity index is 1.79. The molecule has 2 aromatic rings. The van der Waals surface area contributed by atoms with Gasteiger partial charge in [0.05, 0.1) is 12.3 Å². The van der Waals surface area contributed by atoms with Crippen LogP contribution in [0.25, 0.3) is 0 Å². The van der Waals surface area contributed by atoms with E-state index in [4.69, 9.17) is 10.5 Å². The summed E-state index contributed by atoms with van der Waals surface area (Å²) in [6.45, 7) is 0.537. The zero-order valence-corrected chi connectivity index (χ0v) is 10.6. The lowest BCUT2D eigenvalue weighted by Crippen LogP contribution is -2.02. The second-order valence-electron chi connectivity index (χ2n) is 3.69. The Labute approximate surface area is 110 Å². The molecule has 0 heterocycles. The molecule has 2 N–H and O–H groups in total. The Hall–Kier alpha value is -1.68. The summed E-state index contributed by atoms with van der Waals surface area (Å²) >= 11 is 1.71. The normalized spacial score (nSPS) is 10.3. The highest BCUT2D eigenvalue weighted by Crippen LogP contribution is 2.23. The summed E-state index contributed by atoms with van der Waals surface area (Å²) in [7, 11) is 0. The molecular formula is C14H14FNOS. The van der Waals surface area contributed by atoms with Gasteiger partial charge in [-0.3, -0.25) is 0 Å². The van der Waals surface area contributed by atoms with Crippen molar-refractivity contribution in [2.75, 3.05) is 18.1 Å². The number of benzene rings is 2. The van der Waals surface area contributed by atoms with Crippen molar-refractivity contribution in [3.63, 3.8) is 0 Å². The fraction of sp³-hybridized carbons (Fsp3) is 0.143. The van der Waals surface area contributed by atoms with Crippen LogP contribution in [0.15, 0.2) is 53.4 Å². The van der Waals surface area contributed by atoms with E-state index in [9.17, 15) is 4.39 Å². The molecule has 0 bridgehead atoms. The number of halogens is 1. The average molecular weight is 263 g/mol. The van der Waals surface area contributed by atoms with Crippen molar-refractivity contribution in [2.24, 2.45) is 0 Å². The van der Waals surface area contributed by atoms with Crippen LogP contribution in [0.2, 0.25) is 0 Å². The molecule has 0 saturated heterocycles. The van der Waals surface area contributed by atoms with Crippen LogP contribution >= 0.6 is 11.8 Å². The molecular weight excluding hydrogens is 249 g/mol. The molecule has 2 aromatic carbocycles. The van der Waals surface area contributed by atoms with Gasteiger partial charge in [0.1, 0.15) is 11.6 Å². The fourth-order valence-electron chi connectivity index (χ4n) is 1.48. The minimum Gasteiger partial charge on any atom is -0.491 e. The number of hydrogen-bond acceptors (Lipinski definition) is 3. The van der Waals surface area contributed by atoms with Crippen LogP contribution in [-0.4, -0.2) is 12.4 Å². The predicted molar refractivity (Wildman–Crippen MR) is 73.5 cm³/mol. The number of nitrogens with two attached hydrogens (primary N) is 1. The molecule has 0 aliphatic carbocycles. The zero-order valence-electron chi connectivity index (χ0n) is 9.80. The molecule has 0 spiro atoms. The highest BCUT2D eigenvalue weighted by molar-refractivity contribution is 7.99. The molecule has 2 nitrogen and oxygen atoms in total. The Morgan fingerprint density at radius 2 is 1.89 bits per heavy atom. The molecule has 0 fully saturated rings. The maximum atomic E-state index is 12.8. The molecule has 18 heavy (non-hydrogen) atoms. The number of hydrogen-bond donors (Lipinski definition) is 1. The van der Waals surface area contributed by atoms with E-state index >= 15 is 0 Å². The lowest BCUT2D eigenvalue weighted by atomic mass is 10.3. The van der Waals surface area contributed by atoms with Crippen LogP contribution in [0.1, 0.15) is 0 Å². The quantitative estimate of drug-likeness (QED) is 0.509. The van der Waals surface area contributed by atoms with Crippen molar-refractivity contribution in [1.82, 2.24) is 0 Å². The van der Waals surface area contributed by atoms with Crippen LogP contribution in [0, 0.1) is 5.82 Å². The predicted octanol–water partition coefficient (Wildman–Crippen LogP) is 3.58. The third-order valence-corrected chi connectivity index (χ3v) is 3.30. The highest BCUT2D eigenvalue weighted by atomic mass is 32.2. The number of thioether (sulfide) groups is 1. The van der Waals surface area contributed by atoms with Gasteiger partial charge < -0.3 is 10.5 Å². The molecule has 0 unspecified atom stereocenters. The maximum absolute atomic E-state index is 12.8. The lowest BCUT2D eigenvalue weighted by molar-refractivity contribution is 0.345. The van der Waals surface area contributed by atoms with Gasteiger partial charge in [0.15, 0.2) is 0 Å². The molecule has 2 rings (SSSR count). The minimum absolute atomic E-state index is 0.333. The third kappa shape index (κ3) is 3.67. The van der Waals surface area contributed by atoms with Crippen LogP contribution in [0.5, 0.6) is 5.75 Å². The first-order valence-electron chi connectivity index (χ1n) is 5.61. The molecule has 0 atom stereocenters. The van der Waals surface area contributed by atoms with Crippen molar-refractivity contribution in [3.8, 4) is 5.75 Å². The summed E-state index contributed by atoms with van der Waals surface area (Å²) < 4.78 is 18.3. The van der Waals surface area contributed by atoms with E-state index in [0.717, 1.165) is 5.75 Å². The van der Waals surface area contributed by atoms with Gasteiger partial charge in [-0.2, -0.15) is 0 Å². The maximum Gasteiger partial charge on any atom is 0.142 e. The van der Waals surface area contributed by atoms with Crippen LogP contribution in [0.4, 0.5) is 10.1 Å². The third-order valence-electron chi connectivity index (χ3n) is 2.32. The molecule has 0 aromatic heterocycles. The molecule has 0 aliphatic heterocycles. The van der Waals surface area contributed by atoms with Gasteiger partial charge in [-0.25, -0.2) is 4.39 Å². The number of rotatable bonds is 5. The van der Waals surface area contributed by atoms with Crippen molar-refractivity contribution >= 4 is 17.4 Å². The smallest absolute Gasteiger partial charge is 0.142 e. The summed E-state index contributed by atoms with van der Waals surface area (Å²) in [6.07, 6.45) is 0. The Morgan fingerprint density at radius 3 is 2.61 bits per heavy atom. The van der Waals surface area contributed by atoms with Crippen LogP contribution in [0.3, 0.4) is 0 Å². The van der Waals surface area contributed by atoms with Crippen LogP contribution in [-0.2, 0) is 0 Å². The Kier molecular flexibility index (Phi) is 4.47. The molecule has 0 radical (unpaired) electrons. The summed E-state index contributed by atoms with van der Waals surface area (Å²) in [4.78, 5) is 1.20. The fourth-order valence-corrected chi connectivity index (χ4v) is 2.23. The minimum atomic E-state index is -0.349. The zero-order chi connectivity index (χ0) is 12.8. The first kappa shape index (κ1) is 12.8. The molecule has 0 saturated carbocycles. The van der Waals surface area contributed by atoms with Gasteiger partial charge in [-0.15, -0.1) is 11.8 Å². The second kappa shape index (κ2) is 6.31. The monoisotopic (exact) mass is 263 g/mol. The second-order valence-corrected chi connectivity index (χ2v) is 4.86. The summed E-state index contributed by atoms with van der Waals surface area (Å²) in [5.41, 5.74) is 5.98. The van der Waals surface area contributed by atoms with E-state index in [-0.39, 0.29) is 5.82 Å². The number of nitrogen functional groups attached to an aromatic ring is 1. The largest absolute Gasteiger partial charge is 0.491 e. The van der Waals surface area contributed by atoms with E-state index in [1.807, 2.05) is 18.2 Å². The van der Waals surface area contributed by atoms with Crippen molar-refractivity contribution in [1.29, 1.82) is 0 Å². The van der Waals surface area contributed by atoms with Gasteiger partial charge in [-0.1, -0.05) is 18.2 Å². The van der Waals surface area contributed by atoms with E-state index in [1.54, 1.807) is 17.8 Å². The van der Waals surface area contributed by atoms with E-state index in [1.165, 1.54) is 17.0 Å². The van der Waals surface area contributed by atoms with Crippen molar-refractivity contribution < 1.29 is 9.13 Å². The molecule has 0 amide bonds. The van der Waals surface area contributed by atoms with Gasteiger partial charge in [0.25, 0.3) is 0 Å². The van der Waals surface area contributed by atoms with Crippen molar-refractivity contribution in [3.05, 3.63) is 54.3 Å². The van der Waals surface area contributed by atoms with E-state index in [2.05, 4.69) is 12.1 Å². The summed E-state index contributed by atoms with van der Waals surface area (Å²) in [5, 5.41) is 0. The van der Waals surface area contributed by atoms with E-state index in [0.29, 0.717) is 18.0 Å². The Bertz CT molecular complexity index is 504. The average Bonchev–Trinajstić information content (AvgIpc) is 2.38. The first-order valence-corrected chi connectivity index (χ1v) is 6.60. The lowest BCUT2D eigenvalue weighted by Gasteiger charge is -2.08. The first-order chi connectivity index (χ1) is 8.75. The standard InChI is InChI=1S/C14H14FNOS/c15-11-6-7-14(13(16)10-11)17-8-9-18-12-4-2-1-3-5-12/h1-7,10H,8-9,16H2. The summed E-state index contributed by atoms with van der Waals surface area (Å²) in [5.74, 6) is 1.00. The molecule has 4 heteroatoms. The Morgan fingerprint density at radius 1 is 1.11 bits per heavy atom. The summed E-state index contributed by atoms with van der Waals surface area (Å²) in [6, 6.07) is 14.3. The van der Waals surface area contributed by atoms with Gasteiger partial charge in [0, 0.05) is 16.7 Å². The number of ether oxygens (including phenoxy) is 1. The van der Waals surface area contributed by atoms with Crippen molar-refractivity contribution in [2.45, 2.75) is 4.90 Å². The topological polar surface area (TPSA) is 35.2 Å². The molecule has 0 aliphatic rings. The van der Waals surface area contributed by atoms with Gasteiger partial charge in [-0.05, 0) is 24.3 Å². The van der Waals surface area contributed by atoms with E-state index < -0.39 is 0 Å². The van der Waals surface area contributed by atoms with Gasteiger partial charge in [0.2, 0.25) is 0 Å². The molecule has 94 valence electrons. The number of anilines is 1. The van der Waals surface area contributed by atoms with Crippen LogP contribution < -0.4 is 10.5 Å².